The molecule has 0 aromatic carbocycles. The molecule has 10 heavy (non-hydrogen) atoms. The van der Waals surface area contributed by atoms with Gasteiger partial charge in [-0.1, -0.05) is 6.92 Å². The highest BCUT2D eigenvalue weighted by Crippen LogP contribution is 1.89. The van der Waals surface area contributed by atoms with E-state index in [2.05, 4.69) is 11.7 Å². The smallest absolute Gasteiger partial charge is 0.330 e. The summed E-state index contributed by atoms with van der Waals surface area (Å²) in [4.78, 5) is 20.7. The Morgan fingerprint density at radius 3 is 2.50 bits per heavy atom. The minimum Gasteiger partial charge on any atom is -0.392 e. The average molecular weight is 144 g/mol. The van der Waals surface area contributed by atoms with Gasteiger partial charge in [0.2, 0.25) is 0 Å². The van der Waals surface area contributed by atoms with Gasteiger partial charge >= 0.3 is 11.9 Å². The molecule has 4 nitrogen and oxygen atoms in total. The van der Waals surface area contributed by atoms with Gasteiger partial charge in [-0.2, -0.15) is 0 Å². The summed E-state index contributed by atoms with van der Waals surface area (Å²) in [6, 6.07) is -0.788. The highest BCUT2D eigenvalue weighted by Gasteiger charge is 2.13. The number of ether oxygens (including phenoxy) is 1. The number of esters is 2. The van der Waals surface area contributed by atoms with Gasteiger partial charge in [0.1, 0.15) is 6.04 Å². The molecule has 4 heteroatoms. The summed E-state index contributed by atoms with van der Waals surface area (Å²) in [5.74, 6) is -1.36. The lowest BCUT2D eigenvalue weighted by atomic mass is 10.2. The molecule has 0 aliphatic carbocycles. The SMILES string of the molecule is [CH2]CC(N)C(=O)OC(C)=O. The third kappa shape index (κ3) is 3.19. The van der Waals surface area contributed by atoms with Crippen molar-refractivity contribution in [3.63, 3.8) is 0 Å². The van der Waals surface area contributed by atoms with E-state index in [9.17, 15) is 9.59 Å². The molecule has 0 heterocycles. The number of nitrogens with two attached hydrogens (primary N) is 1. The van der Waals surface area contributed by atoms with Gasteiger partial charge in [-0.3, -0.25) is 4.79 Å². The largest absolute Gasteiger partial charge is 0.392 e. The normalized spacial score (nSPS) is 12.3. The Morgan fingerprint density at radius 1 is 1.70 bits per heavy atom. The molecule has 0 aliphatic heterocycles. The van der Waals surface area contributed by atoms with E-state index in [0.717, 1.165) is 6.92 Å². The van der Waals surface area contributed by atoms with Gasteiger partial charge in [0.05, 0.1) is 0 Å². The highest BCUT2D eigenvalue weighted by molar-refractivity contribution is 5.87. The van der Waals surface area contributed by atoms with Crippen molar-refractivity contribution in [2.75, 3.05) is 0 Å². The van der Waals surface area contributed by atoms with Gasteiger partial charge in [0.15, 0.2) is 0 Å². The number of hydrogen-bond donors (Lipinski definition) is 1. The second-order valence-corrected chi connectivity index (χ2v) is 1.81. The molecule has 57 valence electrons. The maximum Gasteiger partial charge on any atom is 0.330 e. The van der Waals surface area contributed by atoms with Crippen molar-refractivity contribution >= 4 is 11.9 Å². The minimum atomic E-state index is -0.788. The maximum absolute atomic E-state index is 10.6. The van der Waals surface area contributed by atoms with Crippen LogP contribution in [0.1, 0.15) is 13.3 Å². The summed E-state index contributed by atoms with van der Waals surface area (Å²) < 4.78 is 4.16. The van der Waals surface area contributed by atoms with Crippen LogP contribution in [0.2, 0.25) is 0 Å². The van der Waals surface area contributed by atoms with Crippen molar-refractivity contribution in [3.8, 4) is 0 Å². The molecule has 0 amide bonds. The van der Waals surface area contributed by atoms with Gasteiger partial charge in [-0.05, 0) is 6.42 Å². The molecule has 0 fully saturated rings. The molecule has 0 spiro atoms. The summed E-state index contributed by atoms with van der Waals surface area (Å²) in [5, 5.41) is 0. The number of carbonyl (C=O) groups is 2. The van der Waals surface area contributed by atoms with E-state index in [1.807, 2.05) is 0 Å². The second-order valence-electron chi connectivity index (χ2n) is 1.81. The molecular weight excluding hydrogens is 134 g/mol. The van der Waals surface area contributed by atoms with Crippen molar-refractivity contribution < 1.29 is 14.3 Å². The average Bonchev–Trinajstić information content (AvgIpc) is 1.85. The maximum atomic E-state index is 10.6. The van der Waals surface area contributed by atoms with Crippen molar-refractivity contribution in [1.29, 1.82) is 0 Å². The molecular formula is C6H10NO3. The van der Waals surface area contributed by atoms with E-state index in [1.165, 1.54) is 0 Å². The van der Waals surface area contributed by atoms with Gasteiger partial charge in [-0.15, -0.1) is 0 Å². The lowest BCUT2D eigenvalue weighted by Crippen LogP contribution is -2.32. The summed E-state index contributed by atoms with van der Waals surface area (Å²) in [7, 11) is 0. The van der Waals surface area contributed by atoms with Crippen LogP contribution in [0.5, 0.6) is 0 Å². The fraction of sp³-hybridized carbons (Fsp3) is 0.500. The van der Waals surface area contributed by atoms with Crippen LogP contribution in [0, 0.1) is 6.92 Å². The van der Waals surface area contributed by atoms with Crippen LogP contribution in [0.25, 0.3) is 0 Å². The Morgan fingerprint density at radius 2 is 2.20 bits per heavy atom. The topological polar surface area (TPSA) is 69.4 Å². The van der Waals surface area contributed by atoms with Gasteiger partial charge in [0.25, 0.3) is 0 Å². The summed E-state index contributed by atoms with van der Waals surface area (Å²) in [6.07, 6.45) is 0.228. The van der Waals surface area contributed by atoms with Crippen LogP contribution < -0.4 is 5.73 Å². The lowest BCUT2D eigenvalue weighted by molar-refractivity contribution is -0.158. The highest BCUT2D eigenvalue weighted by atomic mass is 16.6. The standard InChI is InChI=1S/C6H10NO3/c1-3-5(7)6(9)10-4(2)8/h5H,1,3,7H2,2H3. The molecule has 0 rings (SSSR count). The fourth-order valence-corrected chi connectivity index (χ4v) is 0.335. The third-order valence-corrected chi connectivity index (χ3v) is 0.858. The zero-order valence-electron chi connectivity index (χ0n) is 5.79. The van der Waals surface area contributed by atoms with E-state index in [0.29, 0.717) is 0 Å². The van der Waals surface area contributed by atoms with E-state index in [-0.39, 0.29) is 6.42 Å². The monoisotopic (exact) mass is 144 g/mol. The van der Waals surface area contributed by atoms with Gasteiger partial charge in [0, 0.05) is 6.92 Å². The first kappa shape index (κ1) is 9.10. The van der Waals surface area contributed by atoms with E-state index in [1.54, 1.807) is 0 Å². The molecule has 0 saturated heterocycles. The third-order valence-electron chi connectivity index (χ3n) is 0.858. The molecule has 0 aromatic heterocycles. The molecule has 1 atom stereocenters. The predicted molar refractivity (Wildman–Crippen MR) is 34.7 cm³/mol. The molecule has 0 bridgehead atoms. The summed E-state index contributed by atoms with van der Waals surface area (Å²) in [6.45, 7) is 4.52. The Kier molecular flexibility index (Phi) is 3.64. The molecule has 0 saturated carbocycles. The Balaban J connectivity index is 3.73. The van der Waals surface area contributed by atoms with Crippen molar-refractivity contribution in [1.82, 2.24) is 0 Å². The first-order valence-electron chi connectivity index (χ1n) is 2.85. The summed E-state index contributed by atoms with van der Waals surface area (Å²) in [5.41, 5.74) is 5.18. The van der Waals surface area contributed by atoms with Crippen molar-refractivity contribution in [3.05, 3.63) is 6.92 Å². The van der Waals surface area contributed by atoms with Crippen LogP contribution in [-0.4, -0.2) is 18.0 Å². The first-order valence-corrected chi connectivity index (χ1v) is 2.85. The fourth-order valence-electron chi connectivity index (χ4n) is 0.335. The minimum absolute atomic E-state index is 0.228. The Bertz CT molecular complexity index is 144. The molecule has 2 N–H and O–H groups in total. The van der Waals surface area contributed by atoms with Crippen LogP contribution in [0.3, 0.4) is 0 Å². The molecule has 1 radical (unpaired) electrons. The van der Waals surface area contributed by atoms with Crippen molar-refractivity contribution in [2.24, 2.45) is 5.73 Å². The number of carbonyl (C=O) groups excluding carboxylic acids is 2. The van der Waals surface area contributed by atoms with Crippen LogP contribution in [0.15, 0.2) is 0 Å². The predicted octanol–water partition coefficient (Wildman–Crippen LogP) is -0.372. The van der Waals surface area contributed by atoms with Crippen LogP contribution >= 0.6 is 0 Å². The van der Waals surface area contributed by atoms with Crippen molar-refractivity contribution in [2.45, 2.75) is 19.4 Å². The van der Waals surface area contributed by atoms with Crippen LogP contribution in [0.4, 0.5) is 0 Å². The van der Waals surface area contributed by atoms with Gasteiger partial charge < -0.3 is 10.5 Å². The van der Waals surface area contributed by atoms with Gasteiger partial charge in [-0.25, -0.2) is 4.79 Å². The summed E-state index contributed by atoms with van der Waals surface area (Å²) >= 11 is 0. The zero-order chi connectivity index (χ0) is 8.15. The Labute approximate surface area is 59.3 Å². The quantitative estimate of drug-likeness (QED) is 0.424. The van der Waals surface area contributed by atoms with E-state index < -0.39 is 18.0 Å². The molecule has 1 unspecified atom stereocenters. The molecule has 0 aliphatic rings. The van der Waals surface area contributed by atoms with Crippen LogP contribution in [-0.2, 0) is 14.3 Å². The zero-order valence-corrected chi connectivity index (χ0v) is 5.79. The Hall–Kier alpha value is -0.900. The lowest BCUT2D eigenvalue weighted by Gasteiger charge is -2.04. The van der Waals surface area contributed by atoms with E-state index in [4.69, 9.17) is 5.73 Å². The van der Waals surface area contributed by atoms with E-state index >= 15 is 0 Å². The number of hydrogen-bond acceptors (Lipinski definition) is 4. The second kappa shape index (κ2) is 4.00. The molecule has 0 aromatic rings. The first-order chi connectivity index (χ1) is 4.57. The number of rotatable bonds is 2.